The number of carbonyl (C=O) groups is 1. The van der Waals surface area contributed by atoms with Gasteiger partial charge >= 0.3 is 0 Å². The molecule has 39 heavy (non-hydrogen) atoms. The minimum Gasteiger partial charge on any atom is -0.342 e. The molecule has 0 fully saturated rings. The average molecular weight is 521 g/mol. The van der Waals surface area contributed by atoms with Crippen LogP contribution < -0.4 is 11.3 Å². The number of hydrogen-bond donors (Lipinski definition) is 2. The number of nitrogens with two attached hydrogens (primary N) is 1. The Morgan fingerprint density at radius 1 is 0.974 bits per heavy atom. The number of nitrogens with one attached hydrogen (secondary N) is 1. The highest BCUT2D eigenvalue weighted by molar-refractivity contribution is 5.96. The number of aryl methyl sites for hydroxylation is 1. The van der Waals surface area contributed by atoms with Crippen molar-refractivity contribution in [1.29, 1.82) is 0 Å². The molecule has 0 aliphatic rings. The molecule has 0 aliphatic carbocycles. The van der Waals surface area contributed by atoms with Crippen molar-refractivity contribution in [3.63, 3.8) is 0 Å². The van der Waals surface area contributed by atoms with Crippen LogP contribution >= 0.6 is 0 Å². The van der Waals surface area contributed by atoms with Gasteiger partial charge < -0.3 is 15.6 Å². The molecule has 1 atom stereocenters. The van der Waals surface area contributed by atoms with Crippen molar-refractivity contribution in [2.75, 3.05) is 13.1 Å². The Labute approximate surface area is 229 Å². The SMILES string of the molecule is Cc1ccc(C(=O)N(CCCN)C(c2[nH]c3c4ccccc4cn3c(=O)c2Cc2ccccc2)C(C)C)cc1. The van der Waals surface area contributed by atoms with Crippen LogP contribution in [-0.2, 0) is 6.42 Å². The van der Waals surface area contributed by atoms with E-state index in [-0.39, 0.29) is 23.4 Å². The third-order valence-electron chi connectivity index (χ3n) is 7.43. The fourth-order valence-corrected chi connectivity index (χ4v) is 5.47. The van der Waals surface area contributed by atoms with E-state index in [1.54, 1.807) is 4.40 Å². The zero-order valence-corrected chi connectivity index (χ0v) is 22.9. The van der Waals surface area contributed by atoms with Crippen molar-refractivity contribution < 1.29 is 4.79 Å². The number of nitrogens with zero attached hydrogens (tertiary/aromatic N) is 2. The summed E-state index contributed by atoms with van der Waals surface area (Å²) in [7, 11) is 0. The number of carbonyl (C=O) groups excluding carboxylic acids is 1. The van der Waals surface area contributed by atoms with Crippen molar-refractivity contribution in [3.05, 3.63) is 123 Å². The molecule has 0 bridgehead atoms. The highest BCUT2D eigenvalue weighted by Gasteiger charge is 2.32. The standard InChI is InChI=1S/C33H36N4O2/c1-22(2)30(36(19-9-18-34)32(38)25-16-14-23(3)15-17-25)29-28(20-24-10-5-4-6-11-24)33(39)37-21-26-12-7-8-13-27(26)31(37)35-29/h4-8,10-17,21-22,30,35H,9,18-20,34H2,1-3H3. The second-order valence-corrected chi connectivity index (χ2v) is 10.6. The van der Waals surface area contributed by atoms with Gasteiger partial charge in [0.1, 0.15) is 5.65 Å². The van der Waals surface area contributed by atoms with E-state index in [1.807, 2.05) is 96.9 Å². The van der Waals surface area contributed by atoms with Crippen LogP contribution in [0.2, 0.25) is 0 Å². The number of hydrogen-bond acceptors (Lipinski definition) is 3. The van der Waals surface area contributed by atoms with Gasteiger partial charge in [-0.3, -0.25) is 14.0 Å². The summed E-state index contributed by atoms with van der Waals surface area (Å²) in [5.74, 6) is -0.0280. The van der Waals surface area contributed by atoms with Crippen LogP contribution in [0.3, 0.4) is 0 Å². The number of aromatic amines is 1. The summed E-state index contributed by atoms with van der Waals surface area (Å²) < 4.78 is 1.72. The highest BCUT2D eigenvalue weighted by Crippen LogP contribution is 2.33. The summed E-state index contributed by atoms with van der Waals surface area (Å²) in [5.41, 5.74) is 10.8. The van der Waals surface area contributed by atoms with Gasteiger partial charge in [-0.05, 0) is 43.5 Å². The van der Waals surface area contributed by atoms with E-state index in [0.29, 0.717) is 37.1 Å². The molecule has 2 heterocycles. The molecule has 0 saturated carbocycles. The van der Waals surface area contributed by atoms with E-state index < -0.39 is 0 Å². The lowest BCUT2D eigenvalue weighted by molar-refractivity contribution is 0.0614. The summed E-state index contributed by atoms with van der Waals surface area (Å²) in [6.45, 7) is 7.18. The van der Waals surface area contributed by atoms with Crippen LogP contribution in [0, 0.1) is 12.8 Å². The molecular weight excluding hydrogens is 484 g/mol. The molecule has 2 aromatic heterocycles. The third-order valence-corrected chi connectivity index (χ3v) is 7.43. The van der Waals surface area contributed by atoms with Crippen LogP contribution in [0.25, 0.3) is 16.4 Å². The van der Waals surface area contributed by atoms with Crippen LogP contribution in [0.15, 0.2) is 89.9 Å². The van der Waals surface area contributed by atoms with Crippen molar-refractivity contribution in [2.45, 2.75) is 39.7 Å². The molecular formula is C33H36N4O2. The molecule has 0 aliphatic heterocycles. The Kier molecular flexibility index (Phi) is 7.66. The minimum atomic E-state index is -0.351. The Morgan fingerprint density at radius 3 is 2.36 bits per heavy atom. The third kappa shape index (κ3) is 5.25. The summed E-state index contributed by atoms with van der Waals surface area (Å²) >= 11 is 0. The second kappa shape index (κ2) is 11.3. The molecule has 3 N–H and O–H groups in total. The number of benzene rings is 3. The van der Waals surface area contributed by atoms with Crippen molar-refractivity contribution >= 4 is 22.3 Å². The lowest BCUT2D eigenvalue weighted by Crippen LogP contribution is -2.41. The molecule has 1 unspecified atom stereocenters. The molecule has 5 rings (SSSR count). The Morgan fingerprint density at radius 2 is 1.67 bits per heavy atom. The van der Waals surface area contributed by atoms with Gasteiger partial charge in [0.15, 0.2) is 0 Å². The van der Waals surface area contributed by atoms with Crippen molar-refractivity contribution in [1.82, 2.24) is 14.3 Å². The normalized spacial score (nSPS) is 12.3. The molecule has 6 nitrogen and oxygen atoms in total. The van der Waals surface area contributed by atoms with E-state index in [4.69, 9.17) is 5.73 Å². The first-order chi connectivity index (χ1) is 18.9. The van der Waals surface area contributed by atoms with Gasteiger partial charge in [0.25, 0.3) is 11.5 Å². The summed E-state index contributed by atoms with van der Waals surface area (Å²) in [6.07, 6.45) is 3.02. The van der Waals surface area contributed by atoms with E-state index in [2.05, 4.69) is 18.8 Å². The van der Waals surface area contributed by atoms with Crippen molar-refractivity contribution in [2.24, 2.45) is 11.7 Å². The topological polar surface area (TPSA) is 83.6 Å². The fourth-order valence-electron chi connectivity index (χ4n) is 5.47. The number of fused-ring (bicyclic) bond motifs is 3. The van der Waals surface area contributed by atoms with Gasteiger partial charge in [-0.1, -0.05) is 86.1 Å². The van der Waals surface area contributed by atoms with E-state index in [0.717, 1.165) is 33.2 Å². The number of H-pyrrole nitrogens is 1. The maximum Gasteiger partial charge on any atom is 0.261 e. The first-order valence-corrected chi connectivity index (χ1v) is 13.7. The second-order valence-electron chi connectivity index (χ2n) is 10.6. The van der Waals surface area contributed by atoms with Gasteiger partial charge in [0, 0.05) is 46.8 Å². The molecule has 6 heteroatoms. The van der Waals surface area contributed by atoms with E-state index in [1.165, 1.54) is 0 Å². The van der Waals surface area contributed by atoms with E-state index in [9.17, 15) is 9.59 Å². The van der Waals surface area contributed by atoms with Crippen molar-refractivity contribution in [3.8, 4) is 0 Å². The number of amides is 1. The predicted octanol–water partition coefficient (Wildman–Crippen LogP) is 5.87. The largest absolute Gasteiger partial charge is 0.342 e. The van der Waals surface area contributed by atoms with Gasteiger partial charge in [-0.15, -0.1) is 0 Å². The van der Waals surface area contributed by atoms with Crippen LogP contribution in [-0.4, -0.2) is 33.3 Å². The summed E-state index contributed by atoms with van der Waals surface area (Å²) in [4.78, 5) is 33.8. The quantitative estimate of drug-likeness (QED) is 0.255. The van der Waals surface area contributed by atoms with E-state index >= 15 is 0 Å². The van der Waals surface area contributed by atoms with Gasteiger partial charge in [-0.2, -0.15) is 0 Å². The molecule has 0 radical (unpaired) electrons. The average Bonchev–Trinajstić information content (AvgIpc) is 3.32. The summed E-state index contributed by atoms with van der Waals surface area (Å²) in [5, 5.41) is 1.97. The molecule has 0 spiro atoms. The molecule has 0 saturated heterocycles. The zero-order valence-electron chi connectivity index (χ0n) is 22.9. The molecule has 3 aromatic carbocycles. The monoisotopic (exact) mass is 520 g/mol. The Balaban J connectivity index is 1.74. The van der Waals surface area contributed by atoms with Crippen LogP contribution in [0.1, 0.15) is 59.1 Å². The highest BCUT2D eigenvalue weighted by atomic mass is 16.2. The van der Waals surface area contributed by atoms with Gasteiger partial charge in [0.2, 0.25) is 0 Å². The number of rotatable bonds is 9. The summed E-state index contributed by atoms with van der Waals surface area (Å²) in [6, 6.07) is 25.3. The fraction of sp³-hybridized carbons (Fsp3) is 0.273. The molecule has 200 valence electrons. The maximum atomic E-state index is 14.2. The smallest absolute Gasteiger partial charge is 0.261 e. The van der Waals surface area contributed by atoms with Crippen LogP contribution in [0.4, 0.5) is 0 Å². The number of aromatic nitrogens is 2. The maximum absolute atomic E-state index is 14.2. The predicted molar refractivity (Wildman–Crippen MR) is 158 cm³/mol. The first kappa shape index (κ1) is 26.4. The zero-order chi connectivity index (χ0) is 27.5. The van der Waals surface area contributed by atoms with Gasteiger partial charge in [0.05, 0.1) is 6.04 Å². The lowest BCUT2D eigenvalue weighted by atomic mass is 9.92. The Bertz CT molecular complexity index is 1650. The first-order valence-electron chi connectivity index (χ1n) is 13.7. The Hall–Kier alpha value is -4.16. The van der Waals surface area contributed by atoms with Crippen LogP contribution in [0.5, 0.6) is 0 Å². The van der Waals surface area contributed by atoms with Gasteiger partial charge in [-0.25, -0.2) is 0 Å². The molecule has 1 amide bonds. The lowest BCUT2D eigenvalue weighted by Gasteiger charge is -2.36. The minimum absolute atomic E-state index is 0.0334. The molecule has 5 aromatic rings.